The number of rotatable bonds is 6. The van der Waals surface area contributed by atoms with E-state index in [4.69, 9.17) is 10.5 Å². The minimum absolute atomic E-state index is 0.306. The third kappa shape index (κ3) is 3.31. The lowest BCUT2D eigenvalue weighted by Crippen LogP contribution is -2.38. The van der Waals surface area contributed by atoms with Crippen molar-refractivity contribution >= 4 is 0 Å². The Morgan fingerprint density at radius 3 is 2.72 bits per heavy atom. The quantitative estimate of drug-likeness (QED) is 0.838. The SMILES string of the molecule is CCN(CC1CCCO1)C(CN)c1ccccc1. The van der Waals surface area contributed by atoms with Gasteiger partial charge in [-0.2, -0.15) is 0 Å². The standard InChI is InChI=1S/C15H24N2O/c1-2-17(12-14-9-6-10-18-14)15(11-16)13-7-4-3-5-8-13/h3-5,7-8,14-15H,2,6,9-12,16H2,1H3. The van der Waals surface area contributed by atoms with Gasteiger partial charge in [-0.05, 0) is 24.9 Å². The van der Waals surface area contributed by atoms with Gasteiger partial charge in [0.05, 0.1) is 6.10 Å². The number of nitrogens with two attached hydrogens (primary N) is 1. The van der Waals surface area contributed by atoms with Crippen molar-refractivity contribution in [3.05, 3.63) is 35.9 Å². The molecule has 0 amide bonds. The molecule has 0 saturated carbocycles. The molecule has 0 spiro atoms. The summed E-state index contributed by atoms with van der Waals surface area (Å²) in [6.45, 7) is 5.77. The molecule has 0 radical (unpaired) electrons. The van der Waals surface area contributed by atoms with E-state index in [1.165, 1.54) is 18.4 Å². The molecule has 2 rings (SSSR count). The first kappa shape index (κ1) is 13.5. The van der Waals surface area contributed by atoms with Gasteiger partial charge in [-0.25, -0.2) is 0 Å². The van der Waals surface area contributed by atoms with E-state index < -0.39 is 0 Å². The lowest BCUT2D eigenvalue weighted by Gasteiger charge is -2.32. The Kier molecular flexibility index (Phi) is 5.17. The van der Waals surface area contributed by atoms with Crippen LogP contribution in [-0.4, -0.2) is 37.2 Å². The van der Waals surface area contributed by atoms with Crippen molar-refractivity contribution in [1.29, 1.82) is 0 Å². The molecule has 100 valence electrons. The maximum absolute atomic E-state index is 5.97. The average Bonchev–Trinajstić information content (AvgIpc) is 2.92. The first-order valence-electron chi connectivity index (χ1n) is 6.95. The summed E-state index contributed by atoms with van der Waals surface area (Å²) in [4.78, 5) is 2.44. The molecule has 2 N–H and O–H groups in total. The van der Waals surface area contributed by atoms with Crippen LogP contribution in [0.2, 0.25) is 0 Å². The zero-order valence-corrected chi connectivity index (χ0v) is 11.2. The number of hydrogen-bond donors (Lipinski definition) is 1. The van der Waals surface area contributed by atoms with E-state index in [2.05, 4.69) is 36.1 Å². The molecule has 1 aromatic carbocycles. The van der Waals surface area contributed by atoms with Gasteiger partial charge in [0.2, 0.25) is 0 Å². The summed E-state index contributed by atoms with van der Waals surface area (Å²) in [5.41, 5.74) is 7.28. The van der Waals surface area contributed by atoms with Crippen LogP contribution < -0.4 is 5.73 Å². The summed E-state index contributed by atoms with van der Waals surface area (Å²) in [7, 11) is 0. The zero-order valence-electron chi connectivity index (χ0n) is 11.2. The highest BCUT2D eigenvalue weighted by molar-refractivity contribution is 5.19. The fourth-order valence-electron chi connectivity index (χ4n) is 2.70. The summed E-state index contributed by atoms with van der Waals surface area (Å²) in [5, 5.41) is 0. The van der Waals surface area contributed by atoms with Crippen molar-refractivity contribution < 1.29 is 4.74 Å². The van der Waals surface area contributed by atoms with Gasteiger partial charge >= 0.3 is 0 Å². The van der Waals surface area contributed by atoms with E-state index in [0.717, 1.165) is 19.7 Å². The fourth-order valence-corrected chi connectivity index (χ4v) is 2.70. The van der Waals surface area contributed by atoms with Crippen LogP contribution in [0.4, 0.5) is 0 Å². The molecule has 1 aliphatic rings. The zero-order chi connectivity index (χ0) is 12.8. The molecule has 1 fully saturated rings. The third-order valence-corrected chi connectivity index (χ3v) is 3.72. The number of benzene rings is 1. The van der Waals surface area contributed by atoms with Crippen LogP contribution in [0.3, 0.4) is 0 Å². The lowest BCUT2D eigenvalue weighted by molar-refractivity contribution is 0.0601. The topological polar surface area (TPSA) is 38.5 Å². The van der Waals surface area contributed by atoms with Gasteiger partial charge in [-0.1, -0.05) is 37.3 Å². The maximum atomic E-state index is 5.97. The maximum Gasteiger partial charge on any atom is 0.0703 e. The van der Waals surface area contributed by atoms with Crippen LogP contribution in [0, 0.1) is 0 Å². The van der Waals surface area contributed by atoms with Crippen LogP contribution in [0.15, 0.2) is 30.3 Å². The number of ether oxygens (including phenoxy) is 1. The molecular formula is C15H24N2O. The van der Waals surface area contributed by atoms with Crippen LogP contribution in [0.1, 0.15) is 31.4 Å². The third-order valence-electron chi connectivity index (χ3n) is 3.72. The van der Waals surface area contributed by atoms with Crippen molar-refractivity contribution in [3.8, 4) is 0 Å². The molecule has 0 aliphatic carbocycles. The van der Waals surface area contributed by atoms with Crippen molar-refractivity contribution in [2.45, 2.75) is 31.9 Å². The molecule has 0 aromatic heterocycles. The van der Waals surface area contributed by atoms with Gasteiger partial charge in [0.25, 0.3) is 0 Å². The summed E-state index contributed by atoms with van der Waals surface area (Å²) < 4.78 is 5.73. The van der Waals surface area contributed by atoms with Crippen molar-refractivity contribution in [3.63, 3.8) is 0 Å². The van der Waals surface area contributed by atoms with Gasteiger partial charge in [0, 0.05) is 25.7 Å². The molecule has 2 atom stereocenters. The summed E-state index contributed by atoms with van der Waals surface area (Å²) in [6, 6.07) is 10.8. The molecule has 1 aromatic rings. The highest BCUT2D eigenvalue weighted by Crippen LogP contribution is 2.22. The Hall–Kier alpha value is -0.900. The van der Waals surface area contributed by atoms with Gasteiger partial charge in [-0.15, -0.1) is 0 Å². The van der Waals surface area contributed by atoms with Crippen LogP contribution in [0.5, 0.6) is 0 Å². The first-order valence-corrected chi connectivity index (χ1v) is 6.95. The van der Waals surface area contributed by atoms with Crippen LogP contribution in [-0.2, 0) is 4.74 Å². The number of likely N-dealkylation sites (N-methyl/N-ethyl adjacent to an activating group) is 1. The highest BCUT2D eigenvalue weighted by Gasteiger charge is 2.23. The second kappa shape index (κ2) is 6.88. The Labute approximate surface area is 110 Å². The summed E-state index contributed by atoms with van der Waals surface area (Å²) >= 11 is 0. The molecule has 3 heteroatoms. The summed E-state index contributed by atoms with van der Waals surface area (Å²) in [5.74, 6) is 0. The van der Waals surface area contributed by atoms with Crippen LogP contribution >= 0.6 is 0 Å². The second-order valence-electron chi connectivity index (χ2n) is 4.88. The Morgan fingerprint density at radius 1 is 1.39 bits per heavy atom. The van der Waals surface area contributed by atoms with E-state index >= 15 is 0 Å². The minimum atomic E-state index is 0.306. The molecule has 1 heterocycles. The molecule has 1 saturated heterocycles. The average molecular weight is 248 g/mol. The van der Waals surface area contributed by atoms with Crippen molar-refractivity contribution in [2.24, 2.45) is 5.73 Å². The minimum Gasteiger partial charge on any atom is -0.377 e. The van der Waals surface area contributed by atoms with E-state index in [1.54, 1.807) is 0 Å². The predicted octanol–water partition coefficient (Wildman–Crippen LogP) is 2.19. The second-order valence-corrected chi connectivity index (χ2v) is 4.88. The van der Waals surface area contributed by atoms with Crippen molar-refractivity contribution in [2.75, 3.05) is 26.2 Å². The largest absolute Gasteiger partial charge is 0.377 e. The Morgan fingerprint density at radius 2 is 2.17 bits per heavy atom. The molecule has 0 bridgehead atoms. The van der Waals surface area contributed by atoms with Gasteiger partial charge in [0.1, 0.15) is 0 Å². The highest BCUT2D eigenvalue weighted by atomic mass is 16.5. The van der Waals surface area contributed by atoms with Gasteiger partial charge in [0.15, 0.2) is 0 Å². The smallest absolute Gasteiger partial charge is 0.0703 e. The van der Waals surface area contributed by atoms with E-state index in [-0.39, 0.29) is 0 Å². The monoisotopic (exact) mass is 248 g/mol. The van der Waals surface area contributed by atoms with Crippen molar-refractivity contribution in [1.82, 2.24) is 4.90 Å². The Balaban J connectivity index is 2.03. The van der Waals surface area contributed by atoms with E-state index in [1.807, 2.05) is 6.07 Å². The van der Waals surface area contributed by atoms with E-state index in [9.17, 15) is 0 Å². The molecule has 2 unspecified atom stereocenters. The predicted molar refractivity (Wildman–Crippen MR) is 74.5 cm³/mol. The number of nitrogens with zero attached hydrogens (tertiary/aromatic N) is 1. The van der Waals surface area contributed by atoms with Gasteiger partial charge in [-0.3, -0.25) is 4.90 Å². The molecule has 18 heavy (non-hydrogen) atoms. The first-order chi connectivity index (χ1) is 8.85. The number of hydrogen-bond acceptors (Lipinski definition) is 3. The molecule has 3 nitrogen and oxygen atoms in total. The molecule has 1 aliphatic heterocycles. The van der Waals surface area contributed by atoms with E-state index in [0.29, 0.717) is 18.7 Å². The molecular weight excluding hydrogens is 224 g/mol. The lowest BCUT2D eigenvalue weighted by atomic mass is 10.0. The fraction of sp³-hybridized carbons (Fsp3) is 0.600. The van der Waals surface area contributed by atoms with Gasteiger partial charge < -0.3 is 10.5 Å². The normalized spacial score (nSPS) is 21.4. The Bertz CT molecular complexity index is 336. The van der Waals surface area contributed by atoms with Crippen LogP contribution in [0.25, 0.3) is 0 Å². The summed E-state index contributed by atoms with van der Waals surface area (Å²) in [6.07, 6.45) is 2.77.